The highest BCUT2D eigenvalue weighted by Gasteiger charge is 2.38. The fraction of sp³-hybridized carbons (Fsp3) is 0.611. The van der Waals surface area contributed by atoms with Gasteiger partial charge in [0.2, 0.25) is 0 Å². The van der Waals surface area contributed by atoms with Crippen molar-refractivity contribution < 1.29 is 9.53 Å². The molecular weight excluding hydrogens is 312 g/mol. The van der Waals surface area contributed by atoms with Crippen molar-refractivity contribution in [1.82, 2.24) is 10.2 Å². The summed E-state index contributed by atoms with van der Waals surface area (Å²) in [6, 6.07) is 5.31. The van der Waals surface area contributed by atoms with Gasteiger partial charge in [0.05, 0.1) is 12.2 Å². The topological polar surface area (TPSA) is 41.6 Å². The number of hydrogen-bond donors (Lipinski definition) is 1. The van der Waals surface area contributed by atoms with E-state index >= 15 is 0 Å². The first kappa shape index (κ1) is 16.6. The van der Waals surface area contributed by atoms with Gasteiger partial charge in [0.15, 0.2) is 0 Å². The van der Waals surface area contributed by atoms with Crippen molar-refractivity contribution in [2.24, 2.45) is 5.41 Å². The highest BCUT2D eigenvalue weighted by atomic mass is 35.5. The molecule has 2 aliphatic rings. The van der Waals surface area contributed by atoms with E-state index in [4.69, 9.17) is 16.3 Å². The number of ether oxygens (including phenoxy) is 1. The summed E-state index contributed by atoms with van der Waals surface area (Å²) >= 11 is 6.10. The van der Waals surface area contributed by atoms with Crippen LogP contribution in [0.15, 0.2) is 18.2 Å². The van der Waals surface area contributed by atoms with Crippen LogP contribution in [-0.2, 0) is 0 Å². The number of halogens is 1. The number of likely N-dealkylation sites (tertiary alicyclic amines) is 1. The molecule has 1 spiro atoms. The number of piperidine rings is 1. The Morgan fingerprint density at radius 1 is 1.35 bits per heavy atom. The van der Waals surface area contributed by atoms with E-state index in [1.54, 1.807) is 18.2 Å². The third kappa shape index (κ3) is 3.64. The molecule has 1 N–H and O–H groups in total. The van der Waals surface area contributed by atoms with Crippen LogP contribution >= 0.6 is 11.6 Å². The molecule has 3 rings (SSSR count). The SMILES string of the molecule is CCCOc1ccc(Cl)cc1C(=O)N1CCC2(CCNC2)CC1. The molecule has 126 valence electrons. The van der Waals surface area contributed by atoms with Crippen LogP contribution < -0.4 is 10.1 Å². The van der Waals surface area contributed by atoms with Crippen molar-refractivity contribution in [2.45, 2.75) is 32.6 Å². The van der Waals surface area contributed by atoms with Crippen LogP contribution in [-0.4, -0.2) is 43.6 Å². The van der Waals surface area contributed by atoms with E-state index in [1.807, 2.05) is 4.90 Å². The van der Waals surface area contributed by atoms with Gasteiger partial charge in [-0.2, -0.15) is 0 Å². The Bertz CT molecular complexity index is 560. The van der Waals surface area contributed by atoms with Gasteiger partial charge in [0.1, 0.15) is 5.75 Å². The Morgan fingerprint density at radius 3 is 2.78 bits per heavy atom. The maximum Gasteiger partial charge on any atom is 0.257 e. The number of nitrogens with zero attached hydrogens (tertiary/aromatic N) is 1. The van der Waals surface area contributed by atoms with Crippen LogP contribution in [0, 0.1) is 5.41 Å². The zero-order valence-corrected chi connectivity index (χ0v) is 14.5. The summed E-state index contributed by atoms with van der Waals surface area (Å²) in [7, 11) is 0. The maximum atomic E-state index is 12.9. The molecule has 2 aliphatic heterocycles. The maximum absolute atomic E-state index is 12.9. The van der Waals surface area contributed by atoms with Gasteiger partial charge in [-0.15, -0.1) is 0 Å². The predicted octanol–water partition coefficient (Wildman–Crippen LogP) is 3.34. The van der Waals surface area contributed by atoms with Crippen molar-refractivity contribution in [3.05, 3.63) is 28.8 Å². The van der Waals surface area contributed by atoms with Gasteiger partial charge in [-0.05, 0) is 55.8 Å². The second-order valence-electron chi connectivity index (χ2n) is 6.71. The molecule has 4 nitrogen and oxygen atoms in total. The first-order chi connectivity index (χ1) is 11.1. The Morgan fingerprint density at radius 2 is 2.13 bits per heavy atom. The fourth-order valence-electron chi connectivity index (χ4n) is 3.58. The Kier molecular flexibility index (Phi) is 5.12. The molecule has 0 radical (unpaired) electrons. The quantitative estimate of drug-likeness (QED) is 0.916. The van der Waals surface area contributed by atoms with Crippen molar-refractivity contribution in [3.63, 3.8) is 0 Å². The highest BCUT2D eigenvalue weighted by Crippen LogP contribution is 2.37. The van der Waals surface area contributed by atoms with Gasteiger partial charge >= 0.3 is 0 Å². The fourth-order valence-corrected chi connectivity index (χ4v) is 3.76. The molecule has 0 aliphatic carbocycles. The lowest BCUT2D eigenvalue weighted by Crippen LogP contribution is -2.44. The number of carbonyl (C=O) groups is 1. The zero-order chi connectivity index (χ0) is 16.3. The molecule has 1 aromatic carbocycles. The number of carbonyl (C=O) groups excluding carboxylic acids is 1. The number of hydrogen-bond acceptors (Lipinski definition) is 3. The van der Waals surface area contributed by atoms with E-state index in [0.29, 0.717) is 28.4 Å². The summed E-state index contributed by atoms with van der Waals surface area (Å²) < 4.78 is 5.73. The van der Waals surface area contributed by atoms with Crippen molar-refractivity contribution >= 4 is 17.5 Å². The lowest BCUT2D eigenvalue weighted by Gasteiger charge is -2.39. The van der Waals surface area contributed by atoms with Crippen LogP contribution in [0.3, 0.4) is 0 Å². The van der Waals surface area contributed by atoms with Crippen LogP contribution in [0.1, 0.15) is 43.0 Å². The molecule has 2 saturated heterocycles. The van der Waals surface area contributed by atoms with Crippen molar-refractivity contribution in [2.75, 3.05) is 32.8 Å². The standard InChI is InChI=1S/C18H25ClN2O2/c1-2-11-23-16-4-3-14(19)12-15(16)17(22)21-9-6-18(7-10-21)5-8-20-13-18/h3-4,12,20H,2,5-11,13H2,1H3. The lowest BCUT2D eigenvalue weighted by molar-refractivity contribution is 0.0603. The van der Waals surface area contributed by atoms with Crippen LogP contribution in [0.25, 0.3) is 0 Å². The second-order valence-corrected chi connectivity index (χ2v) is 7.14. The molecule has 1 aromatic rings. The normalized spacial score (nSPS) is 20.0. The van der Waals surface area contributed by atoms with Gasteiger partial charge in [0, 0.05) is 24.7 Å². The average molecular weight is 337 g/mol. The van der Waals surface area contributed by atoms with E-state index in [-0.39, 0.29) is 5.91 Å². The Hall–Kier alpha value is -1.26. The van der Waals surface area contributed by atoms with Gasteiger partial charge in [-0.1, -0.05) is 18.5 Å². The summed E-state index contributed by atoms with van der Waals surface area (Å²) in [6.45, 7) is 6.50. The largest absolute Gasteiger partial charge is 0.493 e. The van der Waals surface area contributed by atoms with Crippen LogP contribution in [0.4, 0.5) is 0 Å². The van der Waals surface area contributed by atoms with E-state index in [1.165, 1.54) is 6.42 Å². The smallest absolute Gasteiger partial charge is 0.257 e. The summed E-state index contributed by atoms with van der Waals surface area (Å²) in [5, 5.41) is 4.03. The minimum atomic E-state index is 0.0411. The lowest BCUT2D eigenvalue weighted by atomic mass is 9.78. The van der Waals surface area contributed by atoms with Crippen LogP contribution in [0.2, 0.25) is 5.02 Å². The summed E-state index contributed by atoms with van der Waals surface area (Å²) in [5.41, 5.74) is 0.999. The van der Waals surface area contributed by atoms with E-state index in [9.17, 15) is 4.79 Å². The molecule has 2 fully saturated rings. The minimum Gasteiger partial charge on any atom is -0.493 e. The molecule has 2 heterocycles. The molecule has 1 amide bonds. The minimum absolute atomic E-state index is 0.0411. The van der Waals surface area contributed by atoms with E-state index < -0.39 is 0 Å². The van der Waals surface area contributed by atoms with Gasteiger partial charge in [-0.3, -0.25) is 4.79 Å². The van der Waals surface area contributed by atoms with Crippen molar-refractivity contribution in [1.29, 1.82) is 0 Å². The molecular formula is C18H25ClN2O2. The number of rotatable bonds is 4. The van der Waals surface area contributed by atoms with Crippen LogP contribution in [0.5, 0.6) is 5.75 Å². The summed E-state index contributed by atoms with van der Waals surface area (Å²) in [4.78, 5) is 14.9. The van der Waals surface area contributed by atoms with E-state index in [0.717, 1.165) is 45.4 Å². The zero-order valence-electron chi connectivity index (χ0n) is 13.7. The van der Waals surface area contributed by atoms with Gasteiger partial charge in [0.25, 0.3) is 5.91 Å². The van der Waals surface area contributed by atoms with Crippen molar-refractivity contribution in [3.8, 4) is 5.75 Å². The Labute approximate surface area is 143 Å². The van der Waals surface area contributed by atoms with Gasteiger partial charge in [-0.25, -0.2) is 0 Å². The number of benzene rings is 1. The molecule has 0 aromatic heterocycles. The summed E-state index contributed by atoms with van der Waals surface area (Å²) in [5.74, 6) is 0.684. The van der Waals surface area contributed by atoms with E-state index in [2.05, 4.69) is 12.2 Å². The molecule has 0 bridgehead atoms. The predicted molar refractivity (Wildman–Crippen MR) is 92.3 cm³/mol. The average Bonchev–Trinajstić information content (AvgIpc) is 3.02. The molecule has 0 atom stereocenters. The first-order valence-corrected chi connectivity index (χ1v) is 8.94. The molecule has 0 unspecified atom stereocenters. The molecule has 23 heavy (non-hydrogen) atoms. The number of amides is 1. The number of nitrogens with one attached hydrogen (secondary N) is 1. The molecule has 5 heteroatoms. The third-order valence-electron chi connectivity index (χ3n) is 5.08. The monoisotopic (exact) mass is 336 g/mol. The molecule has 0 saturated carbocycles. The third-order valence-corrected chi connectivity index (χ3v) is 5.31. The van der Waals surface area contributed by atoms with Gasteiger partial charge < -0.3 is 15.0 Å². The first-order valence-electron chi connectivity index (χ1n) is 8.56. The Balaban J connectivity index is 1.71. The second kappa shape index (κ2) is 7.10. The summed E-state index contributed by atoms with van der Waals surface area (Å²) in [6.07, 6.45) is 4.31. The highest BCUT2D eigenvalue weighted by molar-refractivity contribution is 6.31.